The Hall–Kier alpha value is -2.64. The third-order valence-electron chi connectivity index (χ3n) is 3.55. The minimum Gasteiger partial charge on any atom is -0.493 e. The minimum atomic E-state index is -0.779. The molecule has 8 heteroatoms. The zero-order valence-corrected chi connectivity index (χ0v) is 17.3. The Bertz CT molecular complexity index is 642. The molecule has 0 spiro atoms. The van der Waals surface area contributed by atoms with E-state index in [1.807, 2.05) is 13.8 Å². The summed E-state index contributed by atoms with van der Waals surface area (Å²) in [7, 11) is 4.48. The molecule has 2 amide bonds. The molecule has 0 aliphatic heterocycles. The molecule has 0 aliphatic carbocycles. The van der Waals surface area contributed by atoms with Gasteiger partial charge in [-0.2, -0.15) is 0 Å². The van der Waals surface area contributed by atoms with Crippen LogP contribution in [0.15, 0.2) is 12.1 Å². The summed E-state index contributed by atoms with van der Waals surface area (Å²) in [5.41, 5.74) is -0.204. The van der Waals surface area contributed by atoms with Crippen LogP contribution in [0.3, 0.4) is 0 Å². The molecule has 1 aromatic rings. The number of methoxy groups -OCH3 is 3. The first-order valence-electron chi connectivity index (χ1n) is 8.62. The van der Waals surface area contributed by atoms with Crippen LogP contribution in [0.1, 0.15) is 34.6 Å². The van der Waals surface area contributed by atoms with E-state index < -0.39 is 17.7 Å². The van der Waals surface area contributed by atoms with Gasteiger partial charge in [0, 0.05) is 17.8 Å². The van der Waals surface area contributed by atoms with Crippen LogP contribution in [0.4, 0.5) is 10.5 Å². The van der Waals surface area contributed by atoms with E-state index in [1.165, 1.54) is 21.3 Å². The third-order valence-corrected chi connectivity index (χ3v) is 3.55. The van der Waals surface area contributed by atoms with Gasteiger partial charge in [-0.1, -0.05) is 13.8 Å². The normalized spacial score (nSPS) is 12.2. The van der Waals surface area contributed by atoms with Crippen LogP contribution in [0.2, 0.25) is 0 Å². The Labute approximate surface area is 160 Å². The van der Waals surface area contributed by atoms with E-state index in [4.69, 9.17) is 18.9 Å². The summed E-state index contributed by atoms with van der Waals surface area (Å²) in [4.78, 5) is 24.8. The van der Waals surface area contributed by atoms with Gasteiger partial charge in [-0.3, -0.25) is 4.79 Å². The number of alkyl carbamates (subject to hydrolysis) is 1. The summed E-state index contributed by atoms with van der Waals surface area (Å²) in [6, 6.07) is 2.45. The summed E-state index contributed by atoms with van der Waals surface area (Å²) in [5.74, 6) is 0.705. The number of benzene rings is 1. The Balaban J connectivity index is 3.01. The average Bonchev–Trinajstić information content (AvgIpc) is 2.56. The summed E-state index contributed by atoms with van der Waals surface area (Å²) in [6.45, 7) is 8.93. The maximum Gasteiger partial charge on any atom is 0.408 e. The van der Waals surface area contributed by atoms with Crippen LogP contribution >= 0.6 is 0 Å². The van der Waals surface area contributed by atoms with E-state index in [0.29, 0.717) is 22.9 Å². The maximum atomic E-state index is 12.7. The lowest BCUT2D eigenvalue weighted by Gasteiger charge is -2.25. The summed E-state index contributed by atoms with van der Waals surface area (Å²) in [5, 5.41) is 5.38. The molecular formula is C19H30N2O6. The maximum absolute atomic E-state index is 12.7. The topological polar surface area (TPSA) is 95.1 Å². The number of nitrogens with one attached hydrogen (secondary N) is 2. The van der Waals surface area contributed by atoms with Crippen molar-refractivity contribution in [3.8, 4) is 17.2 Å². The largest absolute Gasteiger partial charge is 0.493 e. The first-order valence-corrected chi connectivity index (χ1v) is 8.62. The highest BCUT2D eigenvalue weighted by Crippen LogP contribution is 2.40. The minimum absolute atomic E-state index is 0.153. The summed E-state index contributed by atoms with van der Waals surface area (Å²) < 4.78 is 21.1. The van der Waals surface area contributed by atoms with E-state index in [2.05, 4.69) is 10.6 Å². The molecule has 1 unspecified atom stereocenters. The third kappa shape index (κ3) is 6.54. The van der Waals surface area contributed by atoms with Gasteiger partial charge in [0.25, 0.3) is 0 Å². The Morgan fingerprint density at radius 1 is 0.963 bits per heavy atom. The van der Waals surface area contributed by atoms with E-state index in [-0.39, 0.29) is 11.8 Å². The average molecular weight is 382 g/mol. The molecule has 0 bridgehead atoms. The monoisotopic (exact) mass is 382 g/mol. The zero-order valence-electron chi connectivity index (χ0n) is 17.3. The van der Waals surface area contributed by atoms with Gasteiger partial charge in [0.15, 0.2) is 11.5 Å². The van der Waals surface area contributed by atoms with Gasteiger partial charge >= 0.3 is 6.09 Å². The van der Waals surface area contributed by atoms with Crippen LogP contribution in [0, 0.1) is 5.92 Å². The number of hydrogen-bond acceptors (Lipinski definition) is 6. The molecule has 0 aromatic heterocycles. The van der Waals surface area contributed by atoms with Crippen molar-refractivity contribution in [3.05, 3.63) is 12.1 Å². The fourth-order valence-electron chi connectivity index (χ4n) is 2.34. The van der Waals surface area contributed by atoms with E-state index in [0.717, 1.165) is 0 Å². The smallest absolute Gasteiger partial charge is 0.408 e. The fraction of sp³-hybridized carbons (Fsp3) is 0.579. The lowest BCUT2D eigenvalue weighted by atomic mass is 10.0. The highest BCUT2D eigenvalue weighted by atomic mass is 16.6. The van der Waals surface area contributed by atoms with E-state index in [9.17, 15) is 9.59 Å². The quantitative estimate of drug-likeness (QED) is 0.752. The molecule has 0 heterocycles. The van der Waals surface area contributed by atoms with E-state index in [1.54, 1.807) is 32.9 Å². The SMILES string of the molecule is COc1cc(NC(=O)C(NC(=O)OC(C)(C)C)C(C)C)cc(OC)c1OC. The van der Waals surface area contributed by atoms with Gasteiger partial charge in [-0.05, 0) is 26.7 Å². The Morgan fingerprint density at radius 2 is 1.48 bits per heavy atom. The lowest BCUT2D eigenvalue weighted by Crippen LogP contribution is -2.48. The van der Waals surface area contributed by atoms with Crippen LogP contribution in [0.5, 0.6) is 17.2 Å². The van der Waals surface area contributed by atoms with Crippen LogP contribution < -0.4 is 24.8 Å². The van der Waals surface area contributed by atoms with Gasteiger partial charge in [-0.15, -0.1) is 0 Å². The summed E-state index contributed by atoms with van der Waals surface area (Å²) in [6.07, 6.45) is -0.652. The number of hydrogen-bond donors (Lipinski definition) is 2. The predicted octanol–water partition coefficient (Wildman–Crippen LogP) is 3.20. The summed E-state index contributed by atoms with van der Waals surface area (Å²) >= 11 is 0. The number of ether oxygens (including phenoxy) is 4. The van der Waals surface area contributed by atoms with Crippen molar-refractivity contribution in [1.82, 2.24) is 5.32 Å². The number of anilines is 1. The molecule has 0 saturated heterocycles. The van der Waals surface area contributed by atoms with Crippen molar-refractivity contribution in [3.63, 3.8) is 0 Å². The molecule has 1 aromatic carbocycles. The molecule has 8 nitrogen and oxygen atoms in total. The second kappa shape index (κ2) is 9.34. The molecule has 152 valence electrons. The number of carbonyl (C=O) groups is 2. The number of amides is 2. The van der Waals surface area contributed by atoms with Gasteiger partial charge in [0.1, 0.15) is 11.6 Å². The second-order valence-electron chi connectivity index (χ2n) is 7.27. The molecule has 27 heavy (non-hydrogen) atoms. The molecule has 0 aliphatic rings. The molecule has 0 saturated carbocycles. The van der Waals surface area contributed by atoms with Crippen LogP contribution in [0.25, 0.3) is 0 Å². The van der Waals surface area contributed by atoms with Gasteiger partial charge in [0.05, 0.1) is 21.3 Å². The second-order valence-corrected chi connectivity index (χ2v) is 7.27. The predicted molar refractivity (Wildman–Crippen MR) is 103 cm³/mol. The van der Waals surface area contributed by atoms with Crippen molar-refractivity contribution < 1.29 is 28.5 Å². The molecular weight excluding hydrogens is 352 g/mol. The Kier molecular flexibility index (Phi) is 7.75. The molecule has 1 rings (SSSR count). The zero-order chi connectivity index (χ0) is 20.8. The lowest BCUT2D eigenvalue weighted by molar-refractivity contribution is -0.119. The van der Waals surface area contributed by atoms with Crippen LogP contribution in [-0.2, 0) is 9.53 Å². The molecule has 1 atom stereocenters. The number of carbonyl (C=O) groups excluding carboxylic acids is 2. The van der Waals surface area contributed by atoms with Gasteiger partial charge < -0.3 is 29.6 Å². The van der Waals surface area contributed by atoms with Crippen molar-refractivity contribution in [2.24, 2.45) is 5.92 Å². The van der Waals surface area contributed by atoms with Gasteiger partial charge in [0.2, 0.25) is 11.7 Å². The number of rotatable bonds is 7. The standard InChI is InChI=1S/C19H30N2O6/c1-11(2)15(21-18(23)27-19(3,4)5)17(22)20-12-9-13(24-6)16(26-8)14(10-12)25-7/h9-11,15H,1-8H3,(H,20,22)(H,21,23). The van der Waals surface area contributed by atoms with Crippen molar-refractivity contribution in [1.29, 1.82) is 0 Å². The first-order chi connectivity index (χ1) is 12.5. The van der Waals surface area contributed by atoms with Crippen molar-refractivity contribution in [2.45, 2.75) is 46.3 Å². The van der Waals surface area contributed by atoms with Crippen molar-refractivity contribution in [2.75, 3.05) is 26.6 Å². The van der Waals surface area contributed by atoms with Gasteiger partial charge in [-0.25, -0.2) is 4.79 Å². The molecule has 0 radical (unpaired) electrons. The highest BCUT2D eigenvalue weighted by Gasteiger charge is 2.27. The first kappa shape index (κ1) is 22.4. The highest BCUT2D eigenvalue weighted by molar-refractivity contribution is 5.97. The van der Waals surface area contributed by atoms with Crippen LogP contribution in [-0.4, -0.2) is 45.0 Å². The van der Waals surface area contributed by atoms with E-state index >= 15 is 0 Å². The molecule has 0 fully saturated rings. The molecule has 2 N–H and O–H groups in total. The van der Waals surface area contributed by atoms with Crippen molar-refractivity contribution >= 4 is 17.7 Å². The Morgan fingerprint density at radius 3 is 1.85 bits per heavy atom. The fourth-order valence-corrected chi connectivity index (χ4v) is 2.34.